The number of carbonyl (C=O) groups is 1. The fourth-order valence-corrected chi connectivity index (χ4v) is 8.54. The van der Waals surface area contributed by atoms with Crippen LogP contribution in [0.1, 0.15) is 103 Å². The summed E-state index contributed by atoms with van der Waals surface area (Å²) in [6.45, 7) is 11.7. The number of aliphatic hydroxyl groups is 1. The number of esters is 1. The van der Waals surface area contributed by atoms with Gasteiger partial charge in [-0.1, -0.05) is 6.92 Å². The van der Waals surface area contributed by atoms with E-state index in [0.29, 0.717) is 55.0 Å². The Morgan fingerprint density at radius 1 is 1.14 bits per heavy atom. The van der Waals surface area contributed by atoms with Crippen LogP contribution in [0.4, 0.5) is 14.6 Å². The highest BCUT2D eigenvalue weighted by atomic mass is 19.1. The van der Waals surface area contributed by atoms with Gasteiger partial charge in [-0.15, -0.1) is 0 Å². The lowest BCUT2D eigenvalue weighted by Gasteiger charge is -2.38. The second-order valence-corrected chi connectivity index (χ2v) is 16.1. The van der Waals surface area contributed by atoms with Crippen LogP contribution in [0.15, 0.2) is 18.3 Å². The van der Waals surface area contributed by atoms with E-state index in [1.807, 2.05) is 11.0 Å². The Morgan fingerprint density at radius 3 is 2.69 bits per heavy atom. The Hall–Kier alpha value is -3.44. The molecule has 9 nitrogen and oxygen atoms in total. The number of pyridine rings is 1. The van der Waals surface area contributed by atoms with E-state index in [2.05, 4.69) is 16.8 Å². The number of halogens is 2. The number of rotatable bonds is 7. The Kier molecular flexibility index (Phi) is 8.83. The first kappa shape index (κ1) is 34.0. The number of nitrogens with zero attached hydrogens (tertiary/aromatic N) is 5. The molecule has 3 saturated heterocycles. The number of hydrogen-bond donors (Lipinski definition) is 1. The summed E-state index contributed by atoms with van der Waals surface area (Å²) in [5.74, 6) is 0.0545. The third-order valence-corrected chi connectivity index (χ3v) is 11.1. The smallest absolute Gasteiger partial charge is 0.319 e. The van der Waals surface area contributed by atoms with Crippen molar-refractivity contribution >= 4 is 22.7 Å². The number of fused-ring (bicyclic) bond motifs is 3. The molecule has 2 aromatic heterocycles. The predicted octanol–water partition coefficient (Wildman–Crippen LogP) is 6.92. The topological polar surface area (TPSA) is 101 Å². The first-order valence-electron chi connectivity index (χ1n) is 18.0. The number of piperidine rings is 1. The van der Waals surface area contributed by atoms with Gasteiger partial charge in [0.15, 0.2) is 5.82 Å². The van der Waals surface area contributed by atoms with Crippen LogP contribution in [0.5, 0.6) is 11.8 Å². The molecule has 11 heteroatoms. The average Bonchev–Trinajstić information content (AvgIpc) is 3.58. The van der Waals surface area contributed by atoms with Crippen LogP contribution in [-0.2, 0) is 11.2 Å². The normalized spacial score (nSPS) is 27.3. The highest BCUT2D eigenvalue weighted by Gasteiger charge is 2.49. The van der Waals surface area contributed by atoms with Crippen molar-refractivity contribution < 1.29 is 28.2 Å². The van der Waals surface area contributed by atoms with E-state index >= 15 is 4.39 Å². The maximum atomic E-state index is 17.2. The zero-order valence-corrected chi connectivity index (χ0v) is 29.5. The van der Waals surface area contributed by atoms with E-state index in [1.165, 1.54) is 0 Å². The Bertz CT molecular complexity index is 1760. The van der Waals surface area contributed by atoms with E-state index in [4.69, 9.17) is 19.4 Å². The molecular formula is C38H49F2N5O4. The molecule has 1 aromatic carbocycles. The largest absolute Gasteiger partial charge is 0.461 e. The number of carbonyl (C=O) groups excluding carboxylic acids is 1. The lowest BCUT2D eigenvalue weighted by Crippen LogP contribution is -2.46. The summed E-state index contributed by atoms with van der Waals surface area (Å²) in [7, 11) is 0. The van der Waals surface area contributed by atoms with Crippen LogP contribution in [-0.4, -0.2) is 81.0 Å². The number of benzene rings is 1. The first-order valence-corrected chi connectivity index (χ1v) is 18.0. The molecule has 1 N–H and O–H groups in total. The summed E-state index contributed by atoms with van der Waals surface area (Å²) < 4.78 is 43.9. The minimum atomic E-state index is -0.940. The van der Waals surface area contributed by atoms with Gasteiger partial charge in [-0.3, -0.25) is 14.7 Å². The number of hydrogen-bond acceptors (Lipinski definition) is 9. The summed E-state index contributed by atoms with van der Waals surface area (Å²) in [5.41, 5.74) is 0.810. The van der Waals surface area contributed by atoms with Crippen LogP contribution >= 0.6 is 0 Å². The lowest BCUT2D eigenvalue weighted by molar-refractivity contribution is -0.143. The molecule has 1 aliphatic carbocycles. The summed E-state index contributed by atoms with van der Waals surface area (Å²) in [4.78, 5) is 31.2. The van der Waals surface area contributed by atoms with Gasteiger partial charge in [0.05, 0.1) is 21.9 Å². The molecule has 0 radical (unpaired) electrons. The number of anilines is 1. The minimum Gasteiger partial charge on any atom is -0.461 e. The molecule has 3 fully saturated rings. The molecule has 4 aliphatic rings. The average molecular weight is 678 g/mol. The van der Waals surface area contributed by atoms with Crippen molar-refractivity contribution in [2.75, 3.05) is 37.7 Å². The molecule has 4 atom stereocenters. The number of aromatic nitrogens is 3. The maximum Gasteiger partial charge on any atom is 0.319 e. The standard InChI is InChI=1S/C38H49F2N5O4/c1-6-23-10-7-11-24-16-26(49-34(46)36(2,3)4)17-27(29(23)24)31-30(40)32-28(19-41-31)33(44-14-8-12-37(5,47)21-44)43-35(42-32)48-22-38-13-9-15-45(38)20-25(39)18-38/h16-17,19,23,25,47H,6-15,18,20-22H2,1-5H3/t23?,25-,37-,38+/m1/s1. The van der Waals surface area contributed by atoms with Crippen LogP contribution in [0, 0.1) is 11.2 Å². The van der Waals surface area contributed by atoms with Gasteiger partial charge in [0, 0.05) is 37.8 Å². The van der Waals surface area contributed by atoms with E-state index < -0.39 is 28.5 Å². The zero-order valence-electron chi connectivity index (χ0n) is 29.5. The zero-order chi connectivity index (χ0) is 34.7. The van der Waals surface area contributed by atoms with Gasteiger partial charge >= 0.3 is 12.0 Å². The third-order valence-electron chi connectivity index (χ3n) is 11.1. The number of alkyl halides is 1. The Morgan fingerprint density at radius 2 is 1.94 bits per heavy atom. The molecule has 0 saturated carbocycles. The fourth-order valence-electron chi connectivity index (χ4n) is 8.54. The van der Waals surface area contributed by atoms with Crippen LogP contribution in [0.2, 0.25) is 0 Å². The Labute approximate surface area is 287 Å². The molecule has 5 heterocycles. The highest BCUT2D eigenvalue weighted by Crippen LogP contribution is 2.45. The summed E-state index contributed by atoms with van der Waals surface area (Å²) in [6, 6.07) is 3.69. The summed E-state index contributed by atoms with van der Waals surface area (Å²) >= 11 is 0. The predicted molar refractivity (Wildman–Crippen MR) is 184 cm³/mol. The fraction of sp³-hybridized carbons (Fsp3) is 0.632. The molecule has 0 bridgehead atoms. The molecule has 3 aromatic rings. The molecule has 3 aliphatic heterocycles. The van der Waals surface area contributed by atoms with Crippen molar-refractivity contribution in [3.63, 3.8) is 0 Å². The molecule has 49 heavy (non-hydrogen) atoms. The van der Waals surface area contributed by atoms with Crippen molar-refractivity contribution in [3.8, 4) is 23.0 Å². The van der Waals surface area contributed by atoms with Gasteiger partial charge in [-0.25, -0.2) is 8.78 Å². The molecular weight excluding hydrogens is 628 g/mol. The van der Waals surface area contributed by atoms with Gasteiger partial charge in [-0.05, 0) is 115 Å². The van der Waals surface area contributed by atoms with Crippen molar-refractivity contribution in [1.29, 1.82) is 0 Å². The highest BCUT2D eigenvalue weighted by molar-refractivity contribution is 5.92. The van der Waals surface area contributed by atoms with Crippen molar-refractivity contribution in [3.05, 3.63) is 35.3 Å². The van der Waals surface area contributed by atoms with Crippen molar-refractivity contribution in [2.24, 2.45) is 5.41 Å². The third kappa shape index (κ3) is 6.49. The van der Waals surface area contributed by atoms with Gasteiger partial charge in [0.25, 0.3) is 0 Å². The van der Waals surface area contributed by atoms with Crippen LogP contribution in [0.3, 0.4) is 0 Å². The molecule has 1 unspecified atom stereocenters. The number of ether oxygens (including phenoxy) is 2. The van der Waals surface area contributed by atoms with Crippen LogP contribution < -0.4 is 14.4 Å². The quantitative estimate of drug-likeness (QED) is 0.211. The summed E-state index contributed by atoms with van der Waals surface area (Å²) in [5, 5.41) is 11.4. The van der Waals surface area contributed by atoms with Crippen molar-refractivity contribution in [2.45, 2.75) is 116 Å². The number of β-amino-alcohol motifs (C(OH)–C–C–N with tert-alkyl or cyclic N) is 1. The van der Waals surface area contributed by atoms with Crippen molar-refractivity contribution in [1.82, 2.24) is 19.9 Å². The molecule has 0 spiro atoms. The molecule has 0 amide bonds. The van der Waals surface area contributed by atoms with Gasteiger partial charge in [0.2, 0.25) is 0 Å². The van der Waals surface area contributed by atoms with Crippen LogP contribution in [0.25, 0.3) is 22.2 Å². The summed E-state index contributed by atoms with van der Waals surface area (Å²) in [6.07, 6.45) is 7.94. The van der Waals surface area contributed by atoms with Gasteiger partial charge in [-0.2, -0.15) is 9.97 Å². The van der Waals surface area contributed by atoms with E-state index in [9.17, 15) is 14.3 Å². The first-order chi connectivity index (χ1) is 23.3. The van der Waals surface area contributed by atoms with E-state index in [0.717, 1.165) is 62.6 Å². The lowest BCUT2D eigenvalue weighted by atomic mass is 9.78. The monoisotopic (exact) mass is 677 g/mol. The molecule has 7 rings (SSSR count). The maximum absolute atomic E-state index is 17.2. The second kappa shape index (κ2) is 12.7. The van der Waals surface area contributed by atoms with Gasteiger partial charge < -0.3 is 19.5 Å². The molecule has 264 valence electrons. The number of aryl methyl sites for hydroxylation is 1. The minimum absolute atomic E-state index is 0.0219. The second-order valence-electron chi connectivity index (χ2n) is 16.1. The van der Waals surface area contributed by atoms with E-state index in [1.54, 1.807) is 40.0 Å². The van der Waals surface area contributed by atoms with Gasteiger partial charge in [0.1, 0.15) is 35.6 Å². The Balaban J connectivity index is 1.35. The van der Waals surface area contributed by atoms with E-state index in [-0.39, 0.29) is 35.7 Å². The SMILES string of the molecule is CCC1CCCc2cc(OC(=O)C(C)(C)C)cc(-c3ncc4c(N5CCC[C@@](C)(O)C5)nc(OC[C@@]56CCCN5C[C@H](F)C6)nc4c3F)c21.